The van der Waals surface area contributed by atoms with Crippen molar-refractivity contribution in [3.05, 3.63) is 6.33 Å². The number of nitrogen functional groups attached to an aromatic ring is 1. The van der Waals surface area contributed by atoms with Crippen LogP contribution in [0.4, 0.5) is 5.95 Å². The molecule has 2 rings (SSSR count). The van der Waals surface area contributed by atoms with Crippen molar-refractivity contribution in [2.45, 2.75) is 45.2 Å². The number of carbonyl (C=O) groups excluding carboxylic acids is 1. The quantitative estimate of drug-likeness (QED) is 0.834. The third-order valence-electron chi connectivity index (χ3n) is 3.28. The molecule has 1 aromatic rings. The molecule has 6 nitrogen and oxygen atoms in total. The predicted molar refractivity (Wildman–Crippen MR) is 64.1 cm³/mol. The standard InChI is InChI=1S/C11H19N5O/c1-2-16(9-5-3-4-6-9)10(17)7-15-8-13-11(12)14-15/h8-9H,2-7H2,1H3,(H2,12,14). The fourth-order valence-electron chi connectivity index (χ4n) is 2.47. The first-order chi connectivity index (χ1) is 8.20. The van der Waals surface area contributed by atoms with Gasteiger partial charge in [0, 0.05) is 12.6 Å². The Morgan fingerprint density at radius 1 is 1.59 bits per heavy atom. The van der Waals surface area contributed by atoms with Crippen LogP contribution in [0.2, 0.25) is 0 Å². The third-order valence-corrected chi connectivity index (χ3v) is 3.28. The molecule has 2 N–H and O–H groups in total. The maximum absolute atomic E-state index is 12.1. The molecule has 17 heavy (non-hydrogen) atoms. The molecular formula is C11H19N5O. The summed E-state index contributed by atoms with van der Waals surface area (Å²) in [4.78, 5) is 17.9. The lowest BCUT2D eigenvalue weighted by molar-refractivity contribution is -0.134. The summed E-state index contributed by atoms with van der Waals surface area (Å²) in [7, 11) is 0. The van der Waals surface area contributed by atoms with Gasteiger partial charge in [-0.2, -0.15) is 0 Å². The number of nitrogens with zero attached hydrogens (tertiary/aromatic N) is 4. The summed E-state index contributed by atoms with van der Waals surface area (Å²) in [6.45, 7) is 3.01. The molecule has 94 valence electrons. The van der Waals surface area contributed by atoms with Gasteiger partial charge in [0.15, 0.2) is 0 Å². The van der Waals surface area contributed by atoms with Gasteiger partial charge in [0.2, 0.25) is 11.9 Å². The summed E-state index contributed by atoms with van der Waals surface area (Å²) in [5.74, 6) is 0.311. The highest BCUT2D eigenvalue weighted by molar-refractivity contribution is 5.76. The topological polar surface area (TPSA) is 77.0 Å². The Hall–Kier alpha value is -1.59. The van der Waals surface area contributed by atoms with Gasteiger partial charge in [0.25, 0.3) is 0 Å². The first-order valence-corrected chi connectivity index (χ1v) is 6.15. The summed E-state index contributed by atoms with van der Waals surface area (Å²) in [6.07, 6.45) is 6.20. The number of carbonyl (C=O) groups is 1. The van der Waals surface area contributed by atoms with Crippen LogP contribution < -0.4 is 5.73 Å². The van der Waals surface area contributed by atoms with E-state index in [2.05, 4.69) is 10.1 Å². The molecule has 1 aromatic heterocycles. The lowest BCUT2D eigenvalue weighted by atomic mass is 10.2. The molecule has 0 aromatic carbocycles. The number of anilines is 1. The molecule has 1 aliphatic rings. The van der Waals surface area contributed by atoms with Crippen LogP contribution in [-0.4, -0.2) is 38.2 Å². The molecule has 1 amide bonds. The first-order valence-electron chi connectivity index (χ1n) is 6.15. The van der Waals surface area contributed by atoms with Gasteiger partial charge in [0.1, 0.15) is 12.9 Å². The van der Waals surface area contributed by atoms with Gasteiger partial charge in [0.05, 0.1) is 0 Å². The largest absolute Gasteiger partial charge is 0.367 e. The van der Waals surface area contributed by atoms with Crippen molar-refractivity contribution < 1.29 is 4.79 Å². The molecule has 0 bridgehead atoms. The minimum Gasteiger partial charge on any atom is -0.367 e. The molecular weight excluding hydrogens is 218 g/mol. The first kappa shape index (κ1) is 11.9. The molecule has 0 aliphatic heterocycles. The van der Waals surface area contributed by atoms with E-state index in [-0.39, 0.29) is 18.4 Å². The number of nitrogens with two attached hydrogens (primary N) is 1. The van der Waals surface area contributed by atoms with Crippen LogP contribution in [-0.2, 0) is 11.3 Å². The summed E-state index contributed by atoms with van der Waals surface area (Å²) >= 11 is 0. The van der Waals surface area contributed by atoms with Crippen molar-refractivity contribution in [3.63, 3.8) is 0 Å². The van der Waals surface area contributed by atoms with Crippen LogP contribution in [0.25, 0.3) is 0 Å². The highest BCUT2D eigenvalue weighted by Crippen LogP contribution is 2.23. The van der Waals surface area contributed by atoms with Gasteiger partial charge in [-0.3, -0.25) is 4.79 Å². The minimum absolute atomic E-state index is 0.101. The predicted octanol–water partition coefficient (Wildman–Crippen LogP) is 0.651. The zero-order valence-corrected chi connectivity index (χ0v) is 10.2. The van der Waals surface area contributed by atoms with Gasteiger partial charge in [-0.25, -0.2) is 9.67 Å². The zero-order valence-electron chi connectivity index (χ0n) is 10.2. The summed E-state index contributed by atoms with van der Waals surface area (Å²) < 4.78 is 1.50. The number of aromatic nitrogens is 3. The Labute approximate surface area is 101 Å². The van der Waals surface area contributed by atoms with E-state index in [0.717, 1.165) is 19.4 Å². The van der Waals surface area contributed by atoms with E-state index in [1.807, 2.05) is 11.8 Å². The van der Waals surface area contributed by atoms with Crippen molar-refractivity contribution in [1.29, 1.82) is 0 Å². The number of hydrogen-bond donors (Lipinski definition) is 1. The third kappa shape index (κ3) is 2.75. The molecule has 0 unspecified atom stereocenters. The second-order valence-corrected chi connectivity index (χ2v) is 4.42. The second-order valence-electron chi connectivity index (χ2n) is 4.42. The van der Waals surface area contributed by atoms with Crippen molar-refractivity contribution in [1.82, 2.24) is 19.7 Å². The van der Waals surface area contributed by atoms with E-state index < -0.39 is 0 Å². The molecule has 1 aliphatic carbocycles. The minimum atomic E-state index is 0.101. The van der Waals surface area contributed by atoms with Gasteiger partial charge >= 0.3 is 0 Å². The van der Waals surface area contributed by atoms with E-state index in [4.69, 9.17) is 5.73 Å². The average Bonchev–Trinajstić information content (AvgIpc) is 2.92. The Kier molecular flexibility index (Phi) is 3.61. The maximum Gasteiger partial charge on any atom is 0.244 e. The Bertz CT molecular complexity index is 383. The van der Waals surface area contributed by atoms with Crippen LogP contribution in [0, 0.1) is 0 Å². The maximum atomic E-state index is 12.1. The fourth-order valence-corrected chi connectivity index (χ4v) is 2.47. The molecule has 0 saturated heterocycles. The fraction of sp³-hybridized carbons (Fsp3) is 0.727. The van der Waals surface area contributed by atoms with Crippen LogP contribution in [0.1, 0.15) is 32.6 Å². The Morgan fingerprint density at radius 3 is 2.82 bits per heavy atom. The van der Waals surface area contributed by atoms with Crippen molar-refractivity contribution in [2.24, 2.45) is 0 Å². The van der Waals surface area contributed by atoms with Crippen LogP contribution in [0.3, 0.4) is 0 Å². The SMILES string of the molecule is CCN(C(=O)Cn1cnc(N)n1)C1CCCC1. The van der Waals surface area contributed by atoms with E-state index in [1.165, 1.54) is 23.9 Å². The number of amides is 1. The summed E-state index contributed by atoms with van der Waals surface area (Å²) in [6, 6.07) is 0.411. The van der Waals surface area contributed by atoms with Crippen LogP contribution in [0.5, 0.6) is 0 Å². The Balaban J connectivity index is 1.97. The van der Waals surface area contributed by atoms with Crippen molar-refractivity contribution in [3.8, 4) is 0 Å². The molecule has 6 heteroatoms. The highest BCUT2D eigenvalue weighted by Gasteiger charge is 2.25. The van der Waals surface area contributed by atoms with Crippen LogP contribution in [0.15, 0.2) is 6.33 Å². The smallest absolute Gasteiger partial charge is 0.244 e. The van der Waals surface area contributed by atoms with E-state index in [9.17, 15) is 4.79 Å². The molecule has 1 fully saturated rings. The van der Waals surface area contributed by atoms with Gasteiger partial charge in [-0.15, -0.1) is 5.10 Å². The number of likely N-dealkylation sites (N-methyl/N-ethyl adjacent to an activating group) is 1. The second kappa shape index (κ2) is 5.16. The Morgan fingerprint density at radius 2 is 2.29 bits per heavy atom. The molecule has 0 atom stereocenters. The normalized spacial score (nSPS) is 16.3. The average molecular weight is 237 g/mol. The van der Waals surface area contributed by atoms with Gasteiger partial charge < -0.3 is 10.6 Å². The summed E-state index contributed by atoms with van der Waals surface area (Å²) in [5, 5.41) is 3.93. The van der Waals surface area contributed by atoms with Crippen molar-refractivity contribution in [2.75, 3.05) is 12.3 Å². The van der Waals surface area contributed by atoms with E-state index in [0.29, 0.717) is 6.04 Å². The summed E-state index contributed by atoms with van der Waals surface area (Å²) in [5.41, 5.74) is 5.42. The lowest BCUT2D eigenvalue weighted by Crippen LogP contribution is -2.40. The zero-order chi connectivity index (χ0) is 12.3. The number of hydrogen-bond acceptors (Lipinski definition) is 4. The highest BCUT2D eigenvalue weighted by atomic mass is 16.2. The van der Waals surface area contributed by atoms with Gasteiger partial charge in [-0.1, -0.05) is 12.8 Å². The van der Waals surface area contributed by atoms with Gasteiger partial charge in [-0.05, 0) is 19.8 Å². The number of rotatable bonds is 4. The van der Waals surface area contributed by atoms with Crippen molar-refractivity contribution >= 4 is 11.9 Å². The molecule has 1 saturated carbocycles. The van der Waals surface area contributed by atoms with E-state index >= 15 is 0 Å². The monoisotopic (exact) mass is 237 g/mol. The molecule has 0 spiro atoms. The molecule has 0 radical (unpaired) electrons. The van der Waals surface area contributed by atoms with E-state index in [1.54, 1.807) is 0 Å². The van der Waals surface area contributed by atoms with Crippen LogP contribution >= 0.6 is 0 Å². The lowest BCUT2D eigenvalue weighted by Gasteiger charge is -2.27. The molecule has 1 heterocycles.